The number of nitro benzene ring substituents is 1. The Labute approximate surface area is 219 Å². The Morgan fingerprint density at radius 3 is 2.66 bits per heavy atom. The number of thiazole rings is 1. The molecule has 0 fully saturated rings. The molecule has 0 N–H and O–H groups in total. The normalized spacial score (nSPS) is 13.0. The molecule has 0 bridgehead atoms. The van der Waals surface area contributed by atoms with Gasteiger partial charge in [-0.25, -0.2) is 9.67 Å². The standard InChI is InChI=1S/C27H20N4O6S/c1-2-34-20-9-7-19(8-10-20)29-27-30(22(15-38-27)24-11-17-5-3-4-6-23(17)37-24)28-14-18-12-25-26(36-16-35-25)13-21(18)31(32)33/h3-15H,2,16H2,1H3. The van der Waals surface area contributed by atoms with Gasteiger partial charge in [-0.05, 0) is 49.4 Å². The Morgan fingerprint density at radius 1 is 1.11 bits per heavy atom. The van der Waals surface area contributed by atoms with Gasteiger partial charge in [0.2, 0.25) is 11.6 Å². The van der Waals surface area contributed by atoms with Crippen LogP contribution in [0, 0.1) is 10.1 Å². The fourth-order valence-electron chi connectivity index (χ4n) is 3.99. The van der Waals surface area contributed by atoms with E-state index in [0.717, 1.165) is 16.7 Å². The predicted molar refractivity (Wildman–Crippen MR) is 143 cm³/mol. The van der Waals surface area contributed by atoms with Gasteiger partial charge in [-0.2, -0.15) is 5.10 Å². The second-order valence-corrected chi connectivity index (χ2v) is 9.01. The number of aromatic nitrogens is 1. The SMILES string of the molecule is CCOc1ccc(N=c2scc(-c3cc4ccccc4o3)n2N=Cc2cc3c(cc2[N+](=O)[O-])OCO3)cc1. The van der Waals surface area contributed by atoms with Gasteiger partial charge >= 0.3 is 0 Å². The molecule has 0 saturated carbocycles. The molecule has 5 aromatic rings. The average Bonchev–Trinajstić information content (AvgIpc) is 3.66. The molecule has 3 heterocycles. The lowest BCUT2D eigenvalue weighted by Gasteiger charge is -2.03. The molecule has 0 spiro atoms. The first-order valence-corrected chi connectivity index (χ1v) is 12.6. The number of hydrogen-bond donors (Lipinski definition) is 0. The Hall–Kier alpha value is -4.90. The molecule has 0 amide bonds. The number of rotatable bonds is 7. The van der Waals surface area contributed by atoms with Crippen molar-refractivity contribution < 1.29 is 23.6 Å². The lowest BCUT2D eigenvalue weighted by Crippen LogP contribution is -2.11. The summed E-state index contributed by atoms with van der Waals surface area (Å²) in [6, 6.07) is 19.9. The van der Waals surface area contributed by atoms with Gasteiger partial charge in [0, 0.05) is 10.8 Å². The van der Waals surface area contributed by atoms with Crippen LogP contribution < -0.4 is 19.0 Å². The van der Waals surface area contributed by atoms with Crippen molar-refractivity contribution in [1.29, 1.82) is 0 Å². The third-order valence-electron chi connectivity index (χ3n) is 5.77. The Morgan fingerprint density at radius 2 is 1.89 bits per heavy atom. The van der Waals surface area contributed by atoms with Gasteiger partial charge in [0.25, 0.3) is 5.69 Å². The number of hydrogen-bond acceptors (Lipinski definition) is 9. The molecule has 0 atom stereocenters. The summed E-state index contributed by atoms with van der Waals surface area (Å²) >= 11 is 1.37. The second kappa shape index (κ2) is 9.87. The van der Waals surface area contributed by atoms with E-state index in [1.165, 1.54) is 23.6 Å². The third kappa shape index (κ3) is 4.50. The van der Waals surface area contributed by atoms with E-state index in [1.54, 1.807) is 10.7 Å². The number of benzene rings is 3. The molecule has 2 aromatic heterocycles. The van der Waals surface area contributed by atoms with E-state index < -0.39 is 4.92 Å². The predicted octanol–water partition coefficient (Wildman–Crippen LogP) is 6.11. The van der Waals surface area contributed by atoms with E-state index in [1.807, 2.05) is 66.9 Å². The smallest absolute Gasteiger partial charge is 0.282 e. The van der Waals surface area contributed by atoms with E-state index >= 15 is 0 Å². The van der Waals surface area contributed by atoms with Crippen molar-refractivity contribution in [1.82, 2.24) is 4.68 Å². The Kier molecular flexibility index (Phi) is 6.10. The van der Waals surface area contributed by atoms with Crippen molar-refractivity contribution in [3.05, 3.63) is 92.6 Å². The molecule has 0 aliphatic carbocycles. The van der Waals surface area contributed by atoms with E-state index in [2.05, 4.69) is 5.10 Å². The maximum absolute atomic E-state index is 11.8. The fourth-order valence-corrected chi connectivity index (χ4v) is 4.83. The minimum Gasteiger partial charge on any atom is -0.494 e. The highest BCUT2D eigenvalue weighted by Gasteiger charge is 2.23. The molecular formula is C27H20N4O6S. The highest BCUT2D eigenvalue weighted by Crippen LogP contribution is 2.37. The molecule has 38 heavy (non-hydrogen) atoms. The van der Waals surface area contributed by atoms with Gasteiger partial charge < -0.3 is 18.6 Å². The molecule has 10 nitrogen and oxygen atoms in total. The number of nitrogens with zero attached hydrogens (tertiary/aromatic N) is 4. The van der Waals surface area contributed by atoms with Crippen LogP contribution in [0.2, 0.25) is 0 Å². The summed E-state index contributed by atoms with van der Waals surface area (Å²) in [5, 5.41) is 19.2. The van der Waals surface area contributed by atoms with Gasteiger partial charge in [-0.3, -0.25) is 10.1 Å². The zero-order valence-electron chi connectivity index (χ0n) is 20.1. The van der Waals surface area contributed by atoms with Crippen molar-refractivity contribution in [2.45, 2.75) is 6.92 Å². The average molecular weight is 529 g/mol. The van der Waals surface area contributed by atoms with Crippen molar-refractivity contribution in [2.24, 2.45) is 10.1 Å². The lowest BCUT2D eigenvalue weighted by molar-refractivity contribution is -0.385. The largest absolute Gasteiger partial charge is 0.494 e. The molecule has 6 rings (SSSR count). The number of nitro groups is 1. The summed E-state index contributed by atoms with van der Waals surface area (Å²) < 4.78 is 23.9. The molecule has 1 aliphatic rings. The summed E-state index contributed by atoms with van der Waals surface area (Å²) in [5.74, 6) is 2.09. The van der Waals surface area contributed by atoms with Crippen molar-refractivity contribution in [2.75, 3.05) is 13.4 Å². The third-order valence-corrected chi connectivity index (χ3v) is 6.58. The van der Waals surface area contributed by atoms with Crippen LogP contribution in [0.1, 0.15) is 12.5 Å². The quantitative estimate of drug-likeness (QED) is 0.143. The van der Waals surface area contributed by atoms with Crippen LogP contribution in [0.3, 0.4) is 0 Å². The topological polar surface area (TPSA) is 114 Å². The van der Waals surface area contributed by atoms with Crippen LogP contribution in [0.15, 0.2) is 86.6 Å². The van der Waals surface area contributed by atoms with Crippen molar-refractivity contribution in [3.8, 4) is 28.7 Å². The van der Waals surface area contributed by atoms with E-state index in [-0.39, 0.29) is 18.0 Å². The first-order valence-electron chi connectivity index (χ1n) is 11.7. The summed E-state index contributed by atoms with van der Waals surface area (Å²) in [4.78, 5) is 16.6. The first-order chi connectivity index (χ1) is 18.6. The molecule has 11 heteroatoms. The Balaban J connectivity index is 1.48. The number of ether oxygens (including phenoxy) is 3. The van der Waals surface area contributed by atoms with Crippen molar-refractivity contribution >= 4 is 39.9 Å². The molecular weight excluding hydrogens is 508 g/mol. The molecule has 0 unspecified atom stereocenters. The molecule has 190 valence electrons. The minimum absolute atomic E-state index is 0.00762. The molecule has 0 saturated heterocycles. The molecule has 3 aromatic carbocycles. The highest BCUT2D eigenvalue weighted by molar-refractivity contribution is 7.07. The van der Waals surface area contributed by atoms with Gasteiger partial charge in [-0.15, -0.1) is 11.3 Å². The van der Waals surface area contributed by atoms with Crippen LogP contribution >= 0.6 is 11.3 Å². The summed E-state index contributed by atoms with van der Waals surface area (Å²) in [6.45, 7) is 2.51. The van der Waals surface area contributed by atoms with Gasteiger partial charge in [0.15, 0.2) is 17.3 Å². The zero-order valence-corrected chi connectivity index (χ0v) is 20.9. The van der Waals surface area contributed by atoms with Crippen LogP contribution in [-0.4, -0.2) is 29.2 Å². The first kappa shape index (κ1) is 23.5. The monoisotopic (exact) mass is 528 g/mol. The number of furan rings is 1. The van der Waals surface area contributed by atoms with Crippen LogP contribution in [0.5, 0.6) is 17.2 Å². The highest BCUT2D eigenvalue weighted by atomic mass is 32.1. The maximum Gasteiger partial charge on any atom is 0.282 e. The van der Waals surface area contributed by atoms with Gasteiger partial charge in [-0.1, -0.05) is 18.2 Å². The minimum atomic E-state index is -0.479. The van der Waals surface area contributed by atoms with Crippen molar-refractivity contribution in [3.63, 3.8) is 0 Å². The number of fused-ring (bicyclic) bond motifs is 2. The summed E-state index contributed by atoms with van der Waals surface area (Å²) in [6.07, 6.45) is 1.41. The maximum atomic E-state index is 11.8. The lowest BCUT2D eigenvalue weighted by atomic mass is 10.1. The van der Waals surface area contributed by atoms with E-state index in [0.29, 0.717) is 40.0 Å². The summed E-state index contributed by atoms with van der Waals surface area (Å²) in [7, 11) is 0. The van der Waals surface area contributed by atoms with Crippen LogP contribution in [0.25, 0.3) is 22.4 Å². The number of para-hydroxylation sites is 1. The second-order valence-electron chi connectivity index (χ2n) is 8.17. The van der Waals surface area contributed by atoms with E-state index in [9.17, 15) is 10.1 Å². The summed E-state index contributed by atoms with van der Waals surface area (Å²) in [5.41, 5.74) is 2.20. The fraction of sp³-hybridized carbons (Fsp3) is 0.111. The van der Waals surface area contributed by atoms with E-state index in [4.69, 9.17) is 23.6 Å². The van der Waals surface area contributed by atoms with Crippen LogP contribution in [-0.2, 0) is 0 Å². The van der Waals surface area contributed by atoms with Gasteiger partial charge in [0.1, 0.15) is 17.0 Å². The molecule has 1 aliphatic heterocycles. The van der Waals surface area contributed by atoms with Gasteiger partial charge in [0.05, 0.1) is 35.1 Å². The Bertz CT molecular complexity index is 1720. The molecule has 0 radical (unpaired) electrons. The van der Waals surface area contributed by atoms with Crippen LogP contribution in [0.4, 0.5) is 11.4 Å². The zero-order chi connectivity index (χ0) is 26.1.